The summed E-state index contributed by atoms with van der Waals surface area (Å²) in [5.41, 5.74) is 4.87. The Kier molecular flexibility index (Phi) is 6.66. The van der Waals surface area contributed by atoms with E-state index < -0.39 is 0 Å². The van der Waals surface area contributed by atoms with Crippen LogP contribution in [-0.2, 0) is 6.54 Å². The predicted octanol–water partition coefficient (Wildman–Crippen LogP) is 1.75. The first-order chi connectivity index (χ1) is 17.5. The number of amides is 3. The summed E-state index contributed by atoms with van der Waals surface area (Å²) in [6.45, 7) is 8.66. The Balaban J connectivity index is 1.26. The number of hydrogen-bond donors (Lipinski definition) is 3. The molecule has 5 rings (SSSR count). The van der Waals surface area contributed by atoms with E-state index in [1.165, 1.54) is 6.33 Å². The Morgan fingerprint density at radius 3 is 2.69 bits per heavy atom. The van der Waals surface area contributed by atoms with Crippen LogP contribution in [0.25, 0.3) is 10.9 Å². The van der Waals surface area contributed by atoms with Crippen molar-refractivity contribution in [3.63, 3.8) is 0 Å². The zero-order valence-electron chi connectivity index (χ0n) is 20.5. The second-order valence-electron chi connectivity index (χ2n) is 8.95. The van der Waals surface area contributed by atoms with Gasteiger partial charge in [0.05, 0.1) is 34.6 Å². The van der Waals surface area contributed by atoms with Gasteiger partial charge in [-0.2, -0.15) is 0 Å². The predicted molar refractivity (Wildman–Crippen MR) is 137 cm³/mol. The van der Waals surface area contributed by atoms with Gasteiger partial charge in [0.2, 0.25) is 0 Å². The number of anilines is 3. The minimum Gasteiger partial charge on any atom is -0.395 e. The molecule has 11 nitrogen and oxygen atoms in total. The van der Waals surface area contributed by atoms with Gasteiger partial charge in [-0.3, -0.25) is 14.6 Å². The third-order valence-electron chi connectivity index (χ3n) is 6.64. The highest BCUT2D eigenvalue weighted by Crippen LogP contribution is 2.35. The summed E-state index contributed by atoms with van der Waals surface area (Å²) in [4.78, 5) is 44.2. The number of nitrogens with zero attached hydrogens (tertiary/aromatic N) is 6. The van der Waals surface area contributed by atoms with Crippen LogP contribution in [0.5, 0.6) is 0 Å². The average Bonchev–Trinajstić information content (AvgIpc) is 2.88. The topological polar surface area (TPSA) is 127 Å². The van der Waals surface area contributed by atoms with Crippen LogP contribution in [-0.4, -0.2) is 82.8 Å². The molecule has 3 aromatic rings. The first-order valence-electron chi connectivity index (χ1n) is 12.2. The minimum atomic E-state index is -0.283. The number of pyridine rings is 1. The van der Waals surface area contributed by atoms with E-state index >= 15 is 0 Å². The van der Waals surface area contributed by atoms with Crippen molar-refractivity contribution in [1.82, 2.24) is 25.2 Å². The fourth-order valence-electron chi connectivity index (χ4n) is 4.88. The van der Waals surface area contributed by atoms with Crippen molar-refractivity contribution >= 4 is 40.0 Å². The van der Waals surface area contributed by atoms with Gasteiger partial charge >= 0.3 is 6.03 Å². The van der Waals surface area contributed by atoms with Crippen LogP contribution in [0.3, 0.4) is 0 Å². The number of benzene rings is 1. The van der Waals surface area contributed by atoms with Crippen LogP contribution in [0.2, 0.25) is 0 Å². The van der Waals surface area contributed by atoms with Gasteiger partial charge in [-0.15, -0.1) is 0 Å². The van der Waals surface area contributed by atoms with Gasteiger partial charge in [-0.25, -0.2) is 19.7 Å². The maximum absolute atomic E-state index is 12.5. The molecule has 0 atom stereocenters. The number of piperazine rings is 1. The molecule has 188 valence electrons. The van der Waals surface area contributed by atoms with Gasteiger partial charge in [0.15, 0.2) is 0 Å². The fraction of sp³-hybridized carbons (Fsp3) is 0.400. The molecule has 1 fully saturated rings. The highest BCUT2D eigenvalue weighted by Gasteiger charge is 2.27. The SMILES string of the molecule is CCN1C(=O)Nc2cc(CN3CCN(c4ccc(C(=O)NCCO)nc4C)CC3)cc3ncnc1c23. The van der Waals surface area contributed by atoms with Crippen molar-refractivity contribution in [2.24, 2.45) is 0 Å². The van der Waals surface area contributed by atoms with Gasteiger partial charge in [-0.05, 0) is 43.7 Å². The molecule has 2 aromatic heterocycles. The largest absolute Gasteiger partial charge is 0.395 e. The summed E-state index contributed by atoms with van der Waals surface area (Å²) < 4.78 is 0. The zero-order valence-corrected chi connectivity index (χ0v) is 20.5. The lowest BCUT2D eigenvalue weighted by Gasteiger charge is -2.36. The lowest BCUT2D eigenvalue weighted by Crippen LogP contribution is -2.46. The first kappa shape index (κ1) is 23.9. The molecule has 11 heteroatoms. The van der Waals surface area contributed by atoms with E-state index in [1.807, 2.05) is 26.0 Å². The number of aliphatic hydroxyl groups excluding tert-OH is 1. The van der Waals surface area contributed by atoms with Crippen molar-refractivity contribution in [3.8, 4) is 0 Å². The molecule has 0 bridgehead atoms. The number of nitrogens with one attached hydrogen (secondary N) is 2. The monoisotopic (exact) mass is 490 g/mol. The van der Waals surface area contributed by atoms with Crippen LogP contribution in [0.15, 0.2) is 30.6 Å². The molecule has 0 spiro atoms. The highest BCUT2D eigenvalue weighted by atomic mass is 16.3. The molecule has 2 aliphatic heterocycles. The molecule has 0 saturated carbocycles. The van der Waals surface area contributed by atoms with Crippen LogP contribution in [0, 0.1) is 6.92 Å². The number of carbonyl (C=O) groups is 2. The average molecular weight is 491 g/mol. The van der Waals surface area contributed by atoms with E-state index in [1.54, 1.807) is 11.0 Å². The quantitative estimate of drug-likeness (QED) is 0.457. The third kappa shape index (κ3) is 4.54. The third-order valence-corrected chi connectivity index (χ3v) is 6.64. The van der Waals surface area contributed by atoms with Crippen molar-refractivity contribution in [2.75, 3.05) is 61.0 Å². The van der Waals surface area contributed by atoms with E-state index in [2.05, 4.69) is 41.5 Å². The Bertz CT molecular complexity index is 1310. The van der Waals surface area contributed by atoms with Crippen molar-refractivity contribution in [2.45, 2.75) is 20.4 Å². The van der Waals surface area contributed by atoms with Crippen molar-refractivity contribution in [3.05, 3.63) is 47.5 Å². The summed E-state index contributed by atoms with van der Waals surface area (Å²) in [7, 11) is 0. The number of urea groups is 1. The lowest BCUT2D eigenvalue weighted by molar-refractivity contribution is 0.0939. The highest BCUT2D eigenvalue weighted by molar-refractivity contribution is 6.17. The molecule has 4 heterocycles. The minimum absolute atomic E-state index is 0.103. The Morgan fingerprint density at radius 1 is 1.17 bits per heavy atom. The van der Waals surface area contributed by atoms with Crippen LogP contribution >= 0.6 is 0 Å². The summed E-state index contributed by atoms with van der Waals surface area (Å²) in [5.74, 6) is 0.371. The summed E-state index contributed by atoms with van der Waals surface area (Å²) in [6, 6.07) is 7.61. The maximum atomic E-state index is 12.5. The Labute approximate surface area is 209 Å². The fourth-order valence-corrected chi connectivity index (χ4v) is 4.88. The number of aromatic nitrogens is 3. The molecular weight excluding hydrogens is 460 g/mol. The maximum Gasteiger partial charge on any atom is 0.327 e. The van der Waals surface area contributed by atoms with Gasteiger partial charge in [0.1, 0.15) is 17.8 Å². The second kappa shape index (κ2) is 10.0. The van der Waals surface area contributed by atoms with E-state index in [9.17, 15) is 9.59 Å². The molecule has 1 aromatic carbocycles. The molecule has 3 N–H and O–H groups in total. The van der Waals surface area contributed by atoms with E-state index in [0.717, 1.165) is 66.3 Å². The van der Waals surface area contributed by atoms with Gasteiger partial charge in [0.25, 0.3) is 5.91 Å². The molecular formula is C25H30N8O3. The summed E-state index contributed by atoms with van der Waals surface area (Å²) in [6.07, 6.45) is 1.52. The van der Waals surface area contributed by atoms with Crippen LogP contribution < -0.4 is 20.4 Å². The smallest absolute Gasteiger partial charge is 0.327 e. The summed E-state index contributed by atoms with van der Waals surface area (Å²) in [5, 5.41) is 15.4. The summed E-state index contributed by atoms with van der Waals surface area (Å²) >= 11 is 0. The van der Waals surface area contributed by atoms with E-state index in [-0.39, 0.29) is 25.1 Å². The molecule has 2 aliphatic rings. The number of aryl methyl sites for hydroxylation is 1. The molecule has 0 radical (unpaired) electrons. The number of hydrogen-bond acceptors (Lipinski definition) is 8. The zero-order chi connectivity index (χ0) is 25.2. The van der Waals surface area contributed by atoms with Crippen molar-refractivity contribution < 1.29 is 14.7 Å². The first-order valence-corrected chi connectivity index (χ1v) is 12.2. The van der Waals surface area contributed by atoms with E-state index in [4.69, 9.17) is 5.11 Å². The number of aliphatic hydroxyl groups is 1. The molecule has 0 aliphatic carbocycles. The molecule has 0 unspecified atom stereocenters. The molecule has 3 amide bonds. The Hall–Kier alpha value is -3.83. The number of rotatable bonds is 7. The molecule has 36 heavy (non-hydrogen) atoms. The van der Waals surface area contributed by atoms with Crippen molar-refractivity contribution in [1.29, 1.82) is 0 Å². The Morgan fingerprint density at radius 2 is 1.97 bits per heavy atom. The van der Waals surface area contributed by atoms with Gasteiger partial charge in [-0.1, -0.05) is 0 Å². The van der Waals surface area contributed by atoms with Crippen LogP contribution in [0.4, 0.5) is 22.0 Å². The second-order valence-corrected chi connectivity index (χ2v) is 8.95. The van der Waals surface area contributed by atoms with Crippen LogP contribution in [0.1, 0.15) is 28.7 Å². The van der Waals surface area contributed by atoms with E-state index in [0.29, 0.717) is 18.1 Å². The lowest BCUT2D eigenvalue weighted by atomic mass is 10.1. The normalized spacial score (nSPS) is 15.8. The molecule has 1 saturated heterocycles. The van der Waals surface area contributed by atoms with Gasteiger partial charge < -0.3 is 20.6 Å². The standard InChI is InChI=1S/C25H30N8O3/c1-3-33-23-22-19(27-15-28-23)12-17(13-20(22)30-25(33)36)14-31-7-9-32(10-8-31)21-5-4-18(29-16(21)2)24(35)26-6-11-34/h4-5,12-13,15,34H,3,6-11,14H2,1-2H3,(H,26,35)(H,30,36). The van der Waals surface area contributed by atoms with Gasteiger partial charge in [0, 0.05) is 45.8 Å². The number of carbonyl (C=O) groups excluding carboxylic acids is 2.